The number of aromatic nitrogens is 1. The third-order valence-electron chi connectivity index (χ3n) is 4.24. The van der Waals surface area contributed by atoms with Crippen molar-refractivity contribution in [3.05, 3.63) is 73.8 Å². The number of methoxy groups -OCH3 is 1. The van der Waals surface area contributed by atoms with Gasteiger partial charge in [-0.15, -0.1) is 0 Å². The van der Waals surface area contributed by atoms with Gasteiger partial charge in [0.25, 0.3) is 5.56 Å². The Hall–Kier alpha value is -3.06. The Bertz CT molecular complexity index is 1120. The van der Waals surface area contributed by atoms with E-state index in [0.717, 1.165) is 11.4 Å². The van der Waals surface area contributed by atoms with E-state index < -0.39 is 0 Å². The minimum atomic E-state index is -0.102. The van der Waals surface area contributed by atoms with Crippen LogP contribution in [0.5, 0.6) is 11.5 Å². The van der Waals surface area contributed by atoms with Gasteiger partial charge in [-0.25, -0.2) is 4.99 Å². The number of phenols is 1. The number of hydrogen-bond donors (Lipinski definition) is 1. The number of para-hydroxylation sites is 1. The Morgan fingerprint density at radius 2 is 1.96 bits per heavy atom. The number of aromatic hydroxyl groups is 1. The molecule has 1 aliphatic rings. The van der Waals surface area contributed by atoms with Gasteiger partial charge in [0.1, 0.15) is 24.8 Å². The molecule has 0 fully saturated rings. The molecule has 0 saturated heterocycles. The second kappa shape index (κ2) is 6.68. The molecule has 0 amide bonds. The molecule has 2 heterocycles. The minimum Gasteiger partial charge on any atom is -0.507 e. The molecule has 0 aliphatic carbocycles. The highest BCUT2D eigenvalue weighted by Gasteiger charge is 2.16. The molecule has 4 rings (SSSR count). The topological polar surface area (TPSA) is 67.1 Å². The first-order valence-electron chi connectivity index (χ1n) is 8.08. The van der Waals surface area contributed by atoms with Crippen LogP contribution in [0.25, 0.3) is 6.08 Å². The SMILES string of the molecule is COc1ccc(N2CN=c3s/c(=C\c4ccccc4O)c(=O)n3C2)cc1. The van der Waals surface area contributed by atoms with E-state index in [1.807, 2.05) is 35.2 Å². The third kappa shape index (κ3) is 2.97. The molecule has 0 unspecified atom stereocenters. The summed E-state index contributed by atoms with van der Waals surface area (Å²) in [4.78, 5) is 20.0. The second-order valence-corrected chi connectivity index (χ2v) is 6.87. The maximum Gasteiger partial charge on any atom is 0.271 e. The van der Waals surface area contributed by atoms with E-state index in [-0.39, 0.29) is 11.3 Å². The lowest BCUT2D eigenvalue weighted by molar-refractivity contribution is 0.414. The molecule has 1 aliphatic heterocycles. The molecule has 6 nitrogen and oxygen atoms in total. The summed E-state index contributed by atoms with van der Waals surface area (Å²) < 4.78 is 7.40. The summed E-state index contributed by atoms with van der Waals surface area (Å²) in [5, 5.41) is 9.92. The van der Waals surface area contributed by atoms with Gasteiger partial charge in [-0.1, -0.05) is 29.5 Å². The van der Waals surface area contributed by atoms with Crippen LogP contribution >= 0.6 is 11.3 Å². The number of thiazole rings is 1. The fourth-order valence-corrected chi connectivity index (χ4v) is 3.77. The van der Waals surface area contributed by atoms with Gasteiger partial charge in [-0.3, -0.25) is 9.36 Å². The quantitative estimate of drug-likeness (QED) is 0.762. The maximum atomic E-state index is 12.8. The van der Waals surface area contributed by atoms with Gasteiger partial charge in [0.2, 0.25) is 0 Å². The number of anilines is 1. The molecule has 0 saturated carbocycles. The van der Waals surface area contributed by atoms with E-state index in [2.05, 4.69) is 4.99 Å². The molecule has 3 aromatic rings. The zero-order valence-corrected chi connectivity index (χ0v) is 14.9. The number of ether oxygens (including phenoxy) is 1. The molecular weight excluding hydrogens is 350 g/mol. The molecule has 0 atom stereocenters. The van der Waals surface area contributed by atoms with Crippen molar-refractivity contribution in [3.63, 3.8) is 0 Å². The first-order valence-corrected chi connectivity index (χ1v) is 8.90. The summed E-state index contributed by atoms with van der Waals surface area (Å²) in [6.07, 6.45) is 1.71. The molecule has 132 valence electrons. The van der Waals surface area contributed by atoms with Gasteiger partial charge in [0, 0.05) is 11.3 Å². The average Bonchev–Trinajstić information content (AvgIpc) is 2.99. The zero-order chi connectivity index (χ0) is 18.1. The standard InChI is InChI=1S/C19H17N3O3S/c1-25-15-8-6-14(7-9-15)21-11-20-19-22(12-21)18(24)17(26-19)10-13-4-2-3-5-16(13)23/h2-10,23H,11-12H2,1H3/b17-10-. The fourth-order valence-electron chi connectivity index (χ4n) is 2.82. The van der Waals surface area contributed by atoms with Crippen molar-refractivity contribution in [1.29, 1.82) is 0 Å². The molecule has 2 aromatic carbocycles. The largest absolute Gasteiger partial charge is 0.507 e. The second-order valence-electron chi connectivity index (χ2n) is 5.86. The van der Waals surface area contributed by atoms with Crippen LogP contribution in [0, 0.1) is 0 Å². The summed E-state index contributed by atoms with van der Waals surface area (Å²) in [5.41, 5.74) is 1.50. The van der Waals surface area contributed by atoms with Crippen molar-refractivity contribution in [2.24, 2.45) is 4.99 Å². The van der Waals surface area contributed by atoms with Crippen LogP contribution in [0.3, 0.4) is 0 Å². The molecular formula is C19H17N3O3S. The molecule has 1 N–H and O–H groups in total. The van der Waals surface area contributed by atoms with Crippen molar-refractivity contribution < 1.29 is 9.84 Å². The maximum absolute atomic E-state index is 12.8. The van der Waals surface area contributed by atoms with Crippen molar-refractivity contribution in [3.8, 4) is 11.5 Å². The van der Waals surface area contributed by atoms with Gasteiger partial charge < -0.3 is 14.7 Å². The van der Waals surface area contributed by atoms with Crippen molar-refractivity contribution in [2.45, 2.75) is 6.67 Å². The smallest absolute Gasteiger partial charge is 0.271 e. The first kappa shape index (κ1) is 16.4. The van der Waals surface area contributed by atoms with Crippen LogP contribution in [0.15, 0.2) is 58.3 Å². The first-order chi connectivity index (χ1) is 12.7. The average molecular weight is 367 g/mol. The van der Waals surface area contributed by atoms with Crippen molar-refractivity contribution in [1.82, 2.24) is 4.57 Å². The Labute approximate surface area is 153 Å². The lowest BCUT2D eigenvalue weighted by atomic mass is 10.2. The van der Waals surface area contributed by atoms with Crippen LogP contribution in [0.4, 0.5) is 5.69 Å². The Kier molecular flexibility index (Phi) is 4.22. The van der Waals surface area contributed by atoms with Gasteiger partial charge in [0.15, 0.2) is 4.80 Å². The molecule has 7 heteroatoms. The number of benzene rings is 2. The summed E-state index contributed by atoms with van der Waals surface area (Å²) in [6.45, 7) is 0.928. The number of rotatable bonds is 3. The lowest BCUT2D eigenvalue weighted by Gasteiger charge is -2.25. The van der Waals surface area contributed by atoms with Crippen molar-refractivity contribution in [2.75, 3.05) is 18.7 Å². The van der Waals surface area contributed by atoms with E-state index in [1.165, 1.54) is 11.3 Å². The van der Waals surface area contributed by atoms with E-state index in [4.69, 9.17) is 4.74 Å². The van der Waals surface area contributed by atoms with Crippen LogP contribution in [0.2, 0.25) is 0 Å². The highest BCUT2D eigenvalue weighted by molar-refractivity contribution is 7.07. The molecule has 26 heavy (non-hydrogen) atoms. The third-order valence-corrected chi connectivity index (χ3v) is 5.28. The van der Waals surface area contributed by atoms with Gasteiger partial charge in [0.05, 0.1) is 11.6 Å². The summed E-state index contributed by atoms with van der Waals surface area (Å²) in [6, 6.07) is 14.6. The zero-order valence-electron chi connectivity index (χ0n) is 14.1. The number of nitrogens with zero attached hydrogens (tertiary/aromatic N) is 3. The summed E-state index contributed by atoms with van der Waals surface area (Å²) in [5.74, 6) is 0.940. The van der Waals surface area contributed by atoms with Crippen LogP contribution in [-0.2, 0) is 6.67 Å². The predicted molar refractivity (Wildman–Crippen MR) is 101 cm³/mol. The lowest BCUT2D eigenvalue weighted by Crippen LogP contribution is -2.42. The Morgan fingerprint density at radius 1 is 1.19 bits per heavy atom. The van der Waals surface area contributed by atoms with Gasteiger partial charge in [-0.05, 0) is 36.4 Å². The molecule has 0 radical (unpaired) electrons. The van der Waals surface area contributed by atoms with Gasteiger partial charge in [-0.2, -0.15) is 0 Å². The molecule has 0 bridgehead atoms. The van der Waals surface area contributed by atoms with Crippen LogP contribution in [-0.4, -0.2) is 23.5 Å². The summed E-state index contributed by atoms with van der Waals surface area (Å²) in [7, 11) is 1.63. The van der Waals surface area contributed by atoms with E-state index in [1.54, 1.807) is 36.0 Å². The number of phenolic OH excluding ortho intramolecular Hbond substituents is 1. The molecule has 1 aromatic heterocycles. The minimum absolute atomic E-state index is 0.102. The number of fused-ring (bicyclic) bond motifs is 1. The fraction of sp³-hybridized carbons (Fsp3) is 0.158. The highest BCUT2D eigenvalue weighted by Crippen LogP contribution is 2.20. The Balaban J connectivity index is 1.69. The summed E-state index contributed by atoms with van der Waals surface area (Å²) >= 11 is 1.34. The van der Waals surface area contributed by atoms with Crippen LogP contribution < -0.4 is 24.5 Å². The monoisotopic (exact) mass is 367 g/mol. The highest BCUT2D eigenvalue weighted by atomic mass is 32.1. The van der Waals surface area contributed by atoms with E-state index in [9.17, 15) is 9.90 Å². The predicted octanol–water partition coefficient (Wildman–Crippen LogP) is 1.51. The Morgan fingerprint density at radius 3 is 2.69 bits per heavy atom. The van der Waals surface area contributed by atoms with E-state index in [0.29, 0.717) is 28.2 Å². The number of hydrogen-bond acceptors (Lipinski definition) is 6. The van der Waals surface area contributed by atoms with E-state index >= 15 is 0 Å². The van der Waals surface area contributed by atoms with Crippen molar-refractivity contribution >= 4 is 23.1 Å². The molecule has 0 spiro atoms. The van der Waals surface area contributed by atoms with Crippen LogP contribution in [0.1, 0.15) is 5.56 Å². The van der Waals surface area contributed by atoms with Gasteiger partial charge >= 0.3 is 0 Å². The normalized spacial score (nSPS) is 14.0.